The van der Waals surface area contributed by atoms with Crippen molar-refractivity contribution in [2.24, 2.45) is 0 Å². The summed E-state index contributed by atoms with van der Waals surface area (Å²) in [5.41, 5.74) is 2.40. The Bertz CT molecular complexity index is 628. The van der Waals surface area contributed by atoms with Crippen LogP contribution in [-0.4, -0.2) is 4.98 Å². The first-order valence-electron chi connectivity index (χ1n) is 6.46. The molecular weight excluding hydrogens is 252 g/mol. The third-order valence-corrected chi connectivity index (χ3v) is 4.23. The summed E-state index contributed by atoms with van der Waals surface area (Å²) in [6.45, 7) is 3.00. The van der Waals surface area contributed by atoms with Gasteiger partial charge in [0.25, 0.3) is 0 Å². The summed E-state index contributed by atoms with van der Waals surface area (Å²) < 4.78 is 1.26. The molecule has 0 aliphatic rings. The number of nitrogens with zero attached hydrogens (tertiary/aromatic N) is 1. The van der Waals surface area contributed by atoms with Crippen LogP contribution >= 0.6 is 11.3 Å². The van der Waals surface area contributed by atoms with E-state index in [0.717, 1.165) is 17.1 Å². The molecular formula is C16H16N2S. The zero-order valence-corrected chi connectivity index (χ0v) is 11.7. The van der Waals surface area contributed by atoms with E-state index in [2.05, 4.69) is 59.7 Å². The minimum Gasteiger partial charge on any atom is -0.304 e. The van der Waals surface area contributed by atoms with Gasteiger partial charge in [0.1, 0.15) is 5.01 Å². The fourth-order valence-corrected chi connectivity index (χ4v) is 3.01. The number of nitrogens with one attached hydrogen (secondary N) is 1. The molecule has 0 amide bonds. The summed E-state index contributed by atoms with van der Waals surface area (Å²) in [7, 11) is 0. The van der Waals surface area contributed by atoms with Gasteiger partial charge in [-0.05, 0) is 24.6 Å². The lowest BCUT2D eigenvalue weighted by molar-refractivity contribution is 0.574. The van der Waals surface area contributed by atoms with Crippen LogP contribution < -0.4 is 5.32 Å². The van der Waals surface area contributed by atoms with Crippen LogP contribution in [0.5, 0.6) is 0 Å². The van der Waals surface area contributed by atoms with Gasteiger partial charge in [0.15, 0.2) is 0 Å². The van der Waals surface area contributed by atoms with Crippen LogP contribution in [0.15, 0.2) is 54.6 Å². The molecule has 0 aliphatic heterocycles. The van der Waals surface area contributed by atoms with Gasteiger partial charge in [-0.15, -0.1) is 11.3 Å². The molecule has 0 saturated carbocycles. The maximum Gasteiger partial charge on any atom is 0.108 e. The molecule has 19 heavy (non-hydrogen) atoms. The summed E-state index contributed by atoms with van der Waals surface area (Å²) in [6.07, 6.45) is 0. The molecule has 0 spiro atoms. The maximum atomic E-state index is 4.63. The molecule has 0 aliphatic carbocycles. The quantitative estimate of drug-likeness (QED) is 0.769. The first-order valence-corrected chi connectivity index (χ1v) is 7.27. The van der Waals surface area contributed by atoms with Gasteiger partial charge in [-0.1, -0.05) is 42.5 Å². The van der Waals surface area contributed by atoms with Gasteiger partial charge < -0.3 is 5.32 Å². The van der Waals surface area contributed by atoms with Gasteiger partial charge in [0, 0.05) is 12.6 Å². The Kier molecular flexibility index (Phi) is 3.58. The first kappa shape index (κ1) is 12.3. The highest BCUT2D eigenvalue weighted by Gasteiger charge is 2.06. The standard InChI is InChI=1S/C16H16N2S/c1-12(13-7-3-2-4-8-13)17-11-16-18-14-9-5-6-10-15(14)19-16/h2-10,12,17H,11H2,1H3/t12-/m1/s1. The van der Waals surface area contributed by atoms with Crippen molar-refractivity contribution in [3.05, 3.63) is 65.2 Å². The lowest BCUT2D eigenvalue weighted by atomic mass is 10.1. The Balaban J connectivity index is 1.69. The fraction of sp³-hybridized carbons (Fsp3) is 0.188. The number of rotatable bonds is 4. The molecule has 2 nitrogen and oxygen atoms in total. The van der Waals surface area contributed by atoms with Crippen molar-refractivity contribution in [3.8, 4) is 0 Å². The highest BCUT2D eigenvalue weighted by Crippen LogP contribution is 2.22. The molecule has 1 aromatic heterocycles. The largest absolute Gasteiger partial charge is 0.304 e. The number of para-hydroxylation sites is 1. The highest BCUT2D eigenvalue weighted by molar-refractivity contribution is 7.18. The minimum absolute atomic E-state index is 0.341. The molecule has 3 aromatic rings. The Morgan fingerprint density at radius 3 is 2.58 bits per heavy atom. The molecule has 0 saturated heterocycles. The van der Waals surface area contributed by atoms with Gasteiger partial charge >= 0.3 is 0 Å². The van der Waals surface area contributed by atoms with Gasteiger partial charge in [0.2, 0.25) is 0 Å². The number of hydrogen-bond acceptors (Lipinski definition) is 3. The summed E-state index contributed by atoms with van der Waals surface area (Å²) in [6, 6.07) is 19.1. The van der Waals surface area contributed by atoms with E-state index in [1.54, 1.807) is 11.3 Å². The Labute approximate surface area is 117 Å². The predicted octanol–water partition coefficient (Wildman–Crippen LogP) is 4.15. The molecule has 0 fully saturated rings. The van der Waals surface area contributed by atoms with Gasteiger partial charge in [-0.25, -0.2) is 4.98 Å². The molecule has 0 bridgehead atoms. The lowest BCUT2D eigenvalue weighted by Gasteiger charge is -2.12. The van der Waals surface area contributed by atoms with Crippen molar-refractivity contribution in [1.29, 1.82) is 0 Å². The summed E-state index contributed by atoms with van der Waals surface area (Å²) in [4.78, 5) is 4.63. The number of aromatic nitrogens is 1. The SMILES string of the molecule is C[C@@H](NCc1nc2ccccc2s1)c1ccccc1. The van der Waals surface area contributed by atoms with Crippen LogP contribution in [0.4, 0.5) is 0 Å². The normalized spacial score (nSPS) is 12.7. The van der Waals surface area contributed by atoms with E-state index in [1.165, 1.54) is 10.3 Å². The van der Waals surface area contributed by atoms with Crippen LogP contribution in [-0.2, 0) is 6.54 Å². The van der Waals surface area contributed by atoms with Gasteiger partial charge in [-0.3, -0.25) is 0 Å². The smallest absolute Gasteiger partial charge is 0.108 e. The topological polar surface area (TPSA) is 24.9 Å². The van der Waals surface area contributed by atoms with E-state index in [4.69, 9.17) is 0 Å². The van der Waals surface area contributed by atoms with Gasteiger partial charge in [0.05, 0.1) is 10.2 Å². The zero-order valence-electron chi connectivity index (χ0n) is 10.8. The second-order valence-electron chi connectivity index (χ2n) is 4.59. The maximum absolute atomic E-state index is 4.63. The summed E-state index contributed by atoms with van der Waals surface area (Å²) in [5, 5.41) is 4.67. The highest BCUT2D eigenvalue weighted by atomic mass is 32.1. The molecule has 3 rings (SSSR count). The number of hydrogen-bond donors (Lipinski definition) is 1. The van der Waals surface area contributed by atoms with Crippen molar-refractivity contribution in [2.75, 3.05) is 0 Å². The fourth-order valence-electron chi connectivity index (χ4n) is 2.10. The van der Waals surface area contributed by atoms with Crippen LogP contribution in [0.1, 0.15) is 23.5 Å². The molecule has 2 aromatic carbocycles. The Morgan fingerprint density at radius 1 is 1.05 bits per heavy atom. The minimum atomic E-state index is 0.341. The summed E-state index contributed by atoms with van der Waals surface area (Å²) >= 11 is 1.76. The van der Waals surface area contributed by atoms with E-state index in [0.29, 0.717) is 6.04 Å². The second-order valence-corrected chi connectivity index (χ2v) is 5.70. The van der Waals surface area contributed by atoms with E-state index in [-0.39, 0.29) is 0 Å². The third-order valence-electron chi connectivity index (χ3n) is 3.20. The van der Waals surface area contributed by atoms with Gasteiger partial charge in [-0.2, -0.15) is 0 Å². The van der Waals surface area contributed by atoms with Crippen molar-refractivity contribution >= 4 is 21.6 Å². The molecule has 0 unspecified atom stereocenters. The van der Waals surface area contributed by atoms with Crippen LogP contribution in [0.25, 0.3) is 10.2 Å². The monoisotopic (exact) mass is 268 g/mol. The number of thiazole rings is 1. The third kappa shape index (κ3) is 2.83. The van der Waals surface area contributed by atoms with E-state index in [1.807, 2.05) is 12.1 Å². The number of benzene rings is 2. The van der Waals surface area contributed by atoms with Crippen LogP contribution in [0.2, 0.25) is 0 Å². The van der Waals surface area contributed by atoms with E-state index >= 15 is 0 Å². The molecule has 3 heteroatoms. The molecule has 1 heterocycles. The lowest BCUT2D eigenvalue weighted by Crippen LogP contribution is -2.17. The van der Waals surface area contributed by atoms with Crippen LogP contribution in [0, 0.1) is 0 Å². The van der Waals surface area contributed by atoms with Crippen molar-refractivity contribution < 1.29 is 0 Å². The van der Waals surface area contributed by atoms with E-state index in [9.17, 15) is 0 Å². The second kappa shape index (κ2) is 5.51. The average molecular weight is 268 g/mol. The van der Waals surface area contributed by atoms with Crippen molar-refractivity contribution in [1.82, 2.24) is 10.3 Å². The molecule has 96 valence electrons. The Hall–Kier alpha value is -1.71. The van der Waals surface area contributed by atoms with Crippen molar-refractivity contribution in [3.63, 3.8) is 0 Å². The summed E-state index contributed by atoms with van der Waals surface area (Å²) in [5.74, 6) is 0. The molecule has 0 radical (unpaired) electrons. The number of fused-ring (bicyclic) bond motifs is 1. The molecule has 1 N–H and O–H groups in total. The Morgan fingerprint density at radius 2 is 1.79 bits per heavy atom. The first-order chi connectivity index (χ1) is 9.33. The predicted molar refractivity (Wildman–Crippen MR) is 81.3 cm³/mol. The van der Waals surface area contributed by atoms with E-state index < -0.39 is 0 Å². The van der Waals surface area contributed by atoms with Crippen LogP contribution in [0.3, 0.4) is 0 Å². The van der Waals surface area contributed by atoms with Crippen molar-refractivity contribution in [2.45, 2.75) is 19.5 Å². The molecule has 1 atom stereocenters. The average Bonchev–Trinajstić information content (AvgIpc) is 2.88. The zero-order chi connectivity index (χ0) is 13.1.